The number of carbonyl (C=O) groups is 1. The molecule has 0 N–H and O–H groups in total. The highest BCUT2D eigenvalue weighted by Crippen LogP contribution is 2.27. The Morgan fingerprint density at radius 1 is 1.38 bits per heavy atom. The van der Waals surface area contributed by atoms with Crippen LogP contribution >= 0.6 is 11.3 Å². The number of benzene rings is 1. The van der Waals surface area contributed by atoms with Crippen molar-refractivity contribution in [3.63, 3.8) is 0 Å². The van der Waals surface area contributed by atoms with E-state index < -0.39 is 0 Å². The van der Waals surface area contributed by atoms with E-state index in [0.29, 0.717) is 4.88 Å². The average molecular weight is 302 g/mol. The quantitative estimate of drug-likeness (QED) is 0.666. The average Bonchev–Trinajstić information content (AvgIpc) is 3.06. The number of imidazole rings is 1. The van der Waals surface area contributed by atoms with Gasteiger partial charge in [0.05, 0.1) is 11.3 Å². The number of aryl methyl sites for hydroxylation is 1. The van der Waals surface area contributed by atoms with Crippen LogP contribution in [0, 0.1) is 5.82 Å². The molecule has 0 aliphatic rings. The van der Waals surface area contributed by atoms with E-state index in [4.69, 9.17) is 0 Å². The van der Waals surface area contributed by atoms with Crippen molar-refractivity contribution in [2.45, 2.75) is 26.3 Å². The van der Waals surface area contributed by atoms with Gasteiger partial charge in [0.2, 0.25) is 0 Å². The molecule has 3 rings (SSSR count). The molecule has 0 fully saturated rings. The van der Waals surface area contributed by atoms with Crippen LogP contribution in [0.4, 0.5) is 4.39 Å². The Morgan fingerprint density at radius 2 is 2.24 bits per heavy atom. The third-order valence-corrected chi connectivity index (χ3v) is 4.48. The van der Waals surface area contributed by atoms with Crippen molar-refractivity contribution < 1.29 is 9.18 Å². The monoisotopic (exact) mass is 302 g/mol. The number of aromatic nitrogens is 2. The highest BCUT2D eigenvalue weighted by atomic mass is 32.1. The molecule has 1 aromatic carbocycles. The number of Topliss-reactive ketones (excluding diaryl/α,β-unsaturated/α-hetero) is 1. The molecule has 0 unspecified atom stereocenters. The maximum atomic E-state index is 13.2. The molecule has 0 aliphatic carbocycles. The number of nitrogens with zero attached hydrogens (tertiary/aromatic N) is 2. The molecular weight excluding hydrogens is 287 g/mol. The Bertz CT molecular complexity index is 791. The van der Waals surface area contributed by atoms with Crippen LogP contribution in [0.15, 0.2) is 36.7 Å². The number of thiophene rings is 1. The lowest BCUT2D eigenvalue weighted by atomic mass is 10.2. The fraction of sp³-hybridized carbons (Fsp3) is 0.250. The second kappa shape index (κ2) is 5.77. The van der Waals surface area contributed by atoms with Gasteiger partial charge in [0.15, 0.2) is 5.78 Å². The first-order valence-corrected chi connectivity index (χ1v) is 7.71. The second-order valence-corrected chi connectivity index (χ2v) is 6.01. The molecular formula is C16H15FN2OS. The van der Waals surface area contributed by atoms with Gasteiger partial charge in [-0.25, -0.2) is 9.37 Å². The number of ketones is 1. The summed E-state index contributed by atoms with van der Waals surface area (Å²) in [6.07, 6.45) is 4.90. The number of carbonyl (C=O) groups excluding carboxylic acids is 1. The standard InChI is InChI=1S/C16H15FN2OS/c1-2-6-19-7-5-18-16(19)10-13(20)15-8-11-3-4-12(17)9-14(11)21-15/h3-5,7-9H,2,6,10H2,1H3. The van der Waals surface area contributed by atoms with Crippen molar-refractivity contribution in [3.05, 3.63) is 53.2 Å². The summed E-state index contributed by atoms with van der Waals surface area (Å²) in [5.74, 6) is 0.535. The molecule has 0 spiro atoms. The first-order chi connectivity index (χ1) is 10.2. The van der Waals surface area contributed by atoms with Gasteiger partial charge in [-0.1, -0.05) is 13.0 Å². The fourth-order valence-electron chi connectivity index (χ4n) is 2.32. The lowest BCUT2D eigenvalue weighted by Gasteiger charge is -2.04. The predicted molar refractivity (Wildman–Crippen MR) is 82.3 cm³/mol. The van der Waals surface area contributed by atoms with Crippen molar-refractivity contribution in [3.8, 4) is 0 Å². The first-order valence-electron chi connectivity index (χ1n) is 6.89. The normalized spacial score (nSPS) is 11.1. The summed E-state index contributed by atoms with van der Waals surface area (Å²) in [5, 5.41) is 0.904. The zero-order chi connectivity index (χ0) is 14.8. The predicted octanol–water partition coefficient (Wildman–Crippen LogP) is 4.07. The molecule has 3 nitrogen and oxygen atoms in total. The van der Waals surface area contributed by atoms with Crippen molar-refractivity contribution in [2.75, 3.05) is 0 Å². The van der Waals surface area contributed by atoms with Gasteiger partial charge >= 0.3 is 0 Å². The van der Waals surface area contributed by atoms with Gasteiger partial charge in [-0.3, -0.25) is 4.79 Å². The zero-order valence-electron chi connectivity index (χ0n) is 11.7. The van der Waals surface area contributed by atoms with Gasteiger partial charge in [0, 0.05) is 23.6 Å². The molecule has 0 aliphatic heterocycles. The van der Waals surface area contributed by atoms with E-state index in [-0.39, 0.29) is 18.0 Å². The summed E-state index contributed by atoms with van der Waals surface area (Å²) >= 11 is 1.33. The van der Waals surface area contributed by atoms with E-state index in [9.17, 15) is 9.18 Å². The maximum absolute atomic E-state index is 13.2. The van der Waals surface area contributed by atoms with Gasteiger partial charge in [0.25, 0.3) is 0 Å². The Hall–Kier alpha value is -2.01. The van der Waals surface area contributed by atoms with Crippen LogP contribution in [0.5, 0.6) is 0 Å². The van der Waals surface area contributed by atoms with Crippen molar-refractivity contribution in [2.24, 2.45) is 0 Å². The van der Waals surface area contributed by atoms with Crippen LogP contribution in [0.1, 0.15) is 28.8 Å². The summed E-state index contributed by atoms with van der Waals surface area (Å²) in [7, 11) is 0. The van der Waals surface area contributed by atoms with E-state index in [1.54, 1.807) is 12.3 Å². The third kappa shape index (κ3) is 2.88. The largest absolute Gasteiger partial charge is 0.335 e. The molecule has 0 bridgehead atoms. The van der Waals surface area contributed by atoms with Gasteiger partial charge in [-0.05, 0) is 30.0 Å². The Kier molecular flexibility index (Phi) is 3.84. The first kappa shape index (κ1) is 13.9. The summed E-state index contributed by atoms with van der Waals surface area (Å²) in [4.78, 5) is 17.3. The van der Waals surface area contributed by atoms with Crippen LogP contribution in [0.25, 0.3) is 10.1 Å². The van der Waals surface area contributed by atoms with E-state index in [0.717, 1.165) is 28.9 Å². The Balaban J connectivity index is 1.84. The minimum Gasteiger partial charge on any atom is -0.335 e. The minimum absolute atomic E-state index is 0.0279. The van der Waals surface area contributed by atoms with E-state index in [1.165, 1.54) is 23.5 Å². The van der Waals surface area contributed by atoms with Gasteiger partial charge in [-0.2, -0.15) is 0 Å². The van der Waals surface area contributed by atoms with Crippen LogP contribution in [-0.2, 0) is 13.0 Å². The Labute approximate surface area is 126 Å². The van der Waals surface area contributed by atoms with Crippen LogP contribution in [0.3, 0.4) is 0 Å². The molecule has 0 radical (unpaired) electrons. The van der Waals surface area contributed by atoms with E-state index in [1.807, 2.05) is 16.8 Å². The van der Waals surface area contributed by atoms with E-state index >= 15 is 0 Å². The lowest BCUT2D eigenvalue weighted by molar-refractivity contribution is 0.0993. The number of rotatable bonds is 5. The second-order valence-electron chi connectivity index (χ2n) is 4.93. The number of halogens is 1. The molecule has 0 saturated carbocycles. The fourth-order valence-corrected chi connectivity index (χ4v) is 3.35. The number of hydrogen-bond donors (Lipinski definition) is 0. The van der Waals surface area contributed by atoms with Crippen molar-refractivity contribution in [1.29, 1.82) is 0 Å². The highest BCUT2D eigenvalue weighted by molar-refractivity contribution is 7.20. The summed E-state index contributed by atoms with van der Waals surface area (Å²) in [5.41, 5.74) is 0. The molecule has 108 valence electrons. The van der Waals surface area contributed by atoms with Gasteiger partial charge in [0.1, 0.15) is 11.6 Å². The zero-order valence-corrected chi connectivity index (χ0v) is 12.5. The number of hydrogen-bond acceptors (Lipinski definition) is 3. The maximum Gasteiger partial charge on any atom is 0.180 e. The van der Waals surface area contributed by atoms with E-state index in [2.05, 4.69) is 11.9 Å². The van der Waals surface area contributed by atoms with Gasteiger partial charge in [-0.15, -0.1) is 11.3 Å². The summed E-state index contributed by atoms with van der Waals surface area (Å²) < 4.78 is 16.0. The SMILES string of the molecule is CCCn1ccnc1CC(=O)c1cc2ccc(F)cc2s1. The smallest absolute Gasteiger partial charge is 0.180 e. The summed E-state index contributed by atoms with van der Waals surface area (Å²) in [6.45, 7) is 2.95. The molecule has 3 aromatic rings. The summed E-state index contributed by atoms with van der Waals surface area (Å²) in [6, 6.07) is 6.41. The lowest BCUT2D eigenvalue weighted by Crippen LogP contribution is -2.09. The minimum atomic E-state index is -0.276. The molecule has 2 heterocycles. The molecule has 5 heteroatoms. The molecule has 0 atom stereocenters. The highest BCUT2D eigenvalue weighted by Gasteiger charge is 2.14. The van der Waals surface area contributed by atoms with Crippen LogP contribution < -0.4 is 0 Å². The molecule has 2 aromatic heterocycles. The topological polar surface area (TPSA) is 34.9 Å². The molecule has 0 amide bonds. The molecule has 21 heavy (non-hydrogen) atoms. The number of fused-ring (bicyclic) bond motifs is 1. The van der Waals surface area contributed by atoms with Crippen molar-refractivity contribution in [1.82, 2.24) is 9.55 Å². The Morgan fingerprint density at radius 3 is 3.05 bits per heavy atom. The van der Waals surface area contributed by atoms with Crippen LogP contribution in [0.2, 0.25) is 0 Å². The molecule has 0 saturated heterocycles. The van der Waals surface area contributed by atoms with Gasteiger partial charge < -0.3 is 4.57 Å². The van der Waals surface area contributed by atoms with Crippen molar-refractivity contribution >= 4 is 27.2 Å². The third-order valence-electron chi connectivity index (χ3n) is 3.34. The van der Waals surface area contributed by atoms with Crippen LogP contribution in [-0.4, -0.2) is 15.3 Å².